The largest absolute Gasteiger partial charge is 0.480 e. The molecule has 2 aliphatic heterocycles. The third kappa shape index (κ3) is 27.9. The minimum absolute atomic E-state index is 0.00281. The molecular weight excluding hydrogens is 736 g/mol. The van der Waals surface area contributed by atoms with E-state index in [1.54, 1.807) is 0 Å². The maximum absolute atomic E-state index is 12.6. The van der Waals surface area contributed by atoms with E-state index >= 15 is 0 Å². The predicted octanol–water partition coefficient (Wildman–Crippen LogP) is 1.87. The number of rotatable bonds is 21. The average molecular weight is 805 g/mol. The molecule has 56 heavy (non-hydrogen) atoms. The van der Waals surface area contributed by atoms with Gasteiger partial charge in [0.15, 0.2) is 12.2 Å². The highest BCUT2D eigenvalue weighted by Crippen LogP contribution is 2.21. The molecular formula is C38H68N4O14. The van der Waals surface area contributed by atoms with Crippen molar-refractivity contribution in [1.29, 1.82) is 0 Å². The van der Waals surface area contributed by atoms with E-state index < -0.39 is 47.4 Å². The van der Waals surface area contributed by atoms with Gasteiger partial charge in [0.25, 0.3) is 0 Å². The van der Waals surface area contributed by atoms with Crippen molar-refractivity contribution in [2.45, 2.75) is 155 Å². The number of carbonyl (C=O) groups excluding carboxylic acids is 6. The fourth-order valence-corrected chi connectivity index (χ4v) is 6.05. The monoisotopic (exact) mass is 804 g/mol. The zero-order valence-corrected chi connectivity index (χ0v) is 34.6. The molecule has 2 saturated heterocycles. The molecule has 2 aliphatic rings. The number of nitrogens with zero attached hydrogens (tertiary/aromatic N) is 2. The number of nitrogens with one attached hydrogen (secondary N) is 2. The molecule has 324 valence electrons. The number of carbonyl (C=O) groups is 4. The number of ether oxygens (including phenoxy) is 3. The molecule has 0 aromatic rings. The lowest BCUT2D eigenvalue weighted by Gasteiger charge is -2.30. The molecule has 5 atom stereocenters. The summed E-state index contributed by atoms with van der Waals surface area (Å²) in [7, 11) is 0. The molecule has 0 spiro atoms. The Morgan fingerprint density at radius 1 is 0.732 bits per heavy atom. The van der Waals surface area contributed by atoms with E-state index in [1.807, 2.05) is 48.5 Å². The fraction of sp³-hybridized carbons (Fsp3) is 0.842. The van der Waals surface area contributed by atoms with Gasteiger partial charge in [-0.3, -0.25) is 9.59 Å². The van der Waals surface area contributed by atoms with Crippen molar-refractivity contribution in [3.8, 4) is 0 Å². The molecule has 5 N–H and O–H groups in total. The topological polar surface area (TPSA) is 255 Å². The zero-order chi connectivity index (χ0) is 43.3. The molecule has 0 bridgehead atoms. The number of likely N-dealkylation sites (tertiary alicyclic amines) is 2. The predicted molar refractivity (Wildman–Crippen MR) is 201 cm³/mol. The van der Waals surface area contributed by atoms with E-state index in [0.717, 1.165) is 52.0 Å². The zero-order valence-electron chi connectivity index (χ0n) is 34.6. The summed E-state index contributed by atoms with van der Waals surface area (Å²) in [5.41, 5.74) is -1.06. The first-order valence-electron chi connectivity index (χ1n) is 19.3. The lowest BCUT2D eigenvalue weighted by atomic mass is 10.1. The molecule has 0 aromatic carbocycles. The molecule has 2 rings (SSSR count). The van der Waals surface area contributed by atoms with Crippen molar-refractivity contribution in [2.75, 3.05) is 52.4 Å². The van der Waals surface area contributed by atoms with Gasteiger partial charge in [-0.15, -0.1) is 0 Å². The normalized spacial score (nSPS) is 17.8. The maximum Gasteiger partial charge on any atom is 0.373 e. The van der Waals surface area contributed by atoms with Gasteiger partial charge in [-0.2, -0.15) is 19.2 Å². The first-order chi connectivity index (χ1) is 26.2. The Morgan fingerprint density at radius 2 is 1.27 bits per heavy atom. The van der Waals surface area contributed by atoms with Gasteiger partial charge < -0.3 is 50.0 Å². The van der Waals surface area contributed by atoms with E-state index in [2.05, 4.69) is 27.4 Å². The second-order valence-corrected chi connectivity index (χ2v) is 15.3. The Kier molecular flexibility index (Phi) is 29.7. The van der Waals surface area contributed by atoms with Crippen LogP contribution in [-0.4, -0.2) is 155 Å². The second kappa shape index (κ2) is 30.5. The van der Waals surface area contributed by atoms with Crippen molar-refractivity contribution in [3.63, 3.8) is 0 Å². The molecule has 18 nitrogen and oxygen atoms in total. The van der Waals surface area contributed by atoms with Crippen molar-refractivity contribution in [2.24, 2.45) is 0 Å². The molecule has 18 heteroatoms. The summed E-state index contributed by atoms with van der Waals surface area (Å²) < 4.78 is 16.8. The summed E-state index contributed by atoms with van der Waals surface area (Å²) in [6, 6.07) is -0.479. The van der Waals surface area contributed by atoms with Crippen LogP contribution >= 0.6 is 0 Å². The molecule has 0 unspecified atom stereocenters. The van der Waals surface area contributed by atoms with Gasteiger partial charge in [0.2, 0.25) is 0 Å². The number of aliphatic hydroxyl groups excluding tert-OH is 1. The van der Waals surface area contributed by atoms with E-state index in [-0.39, 0.29) is 37.2 Å². The second-order valence-electron chi connectivity index (χ2n) is 15.3. The summed E-state index contributed by atoms with van der Waals surface area (Å²) in [5.74, 6) is -2.84. The third-order valence-electron chi connectivity index (χ3n) is 8.53. The standard InChI is InChI=1S/C24H46N2O5.C12H22N2O5.2CO2/c1-9-18-12-11-16-26(18)17-14-19(21(27)29-10-2)25-15-13-20(30-23(3,4)5)22(28)31-24(6,7)8;15-10(12(18)19)3-5-13-9(11(16)17)4-8-14-6-1-2-7-14;2*2-1-3/h18-20,25H,9-17H2,1-8H3;9-10,13,15H,1-8H2,(H,16,17)(H,18,19);;/t18-,19+,20+;9-,10-;;/m10../s1. The van der Waals surface area contributed by atoms with Crippen LogP contribution in [0.1, 0.15) is 113 Å². The van der Waals surface area contributed by atoms with Crippen LogP contribution in [0, 0.1) is 0 Å². The first kappa shape index (κ1) is 54.5. The highest BCUT2D eigenvalue weighted by Gasteiger charge is 2.31. The number of carboxylic acid groups (broad SMARTS) is 2. The molecule has 0 radical (unpaired) electrons. The molecule has 0 aliphatic carbocycles. The highest BCUT2D eigenvalue weighted by molar-refractivity contribution is 5.76. The lowest BCUT2D eigenvalue weighted by molar-refractivity contribution is -0.193. The number of aliphatic hydroxyl groups is 1. The maximum atomic E-state index is 12.6. The Labute approximate surface area is 331 Å². The number of aliphatic carboxylic acids is 2. The van der Waals surface area contributed by atoms with Crippen molar-refractivity contribution in [3.05, 3.63) is 0 Å². The average Bonchev–Trinajstić information content (AvgIpc) is 3.79. The summed E-state index contributed by atoms with van der Waals surface area (Å²) in [4.78, 5) is 83.8. The number of hydrogen-bond acceptors (Lipinski definition) is 16. The Bertz CT molecular complexity index is 1180. The van der Waals surface area contributed by atoms with Gasteiger partial charge in [-0.25, -0.2) is 9.59 Å². The van der Waals surface area contributed by atoms with Crippen molar-refractivity contribution in [1.82, 2.24) is 20.4 Å². The number of carboxylic acids is 2. The van der Waals surface area contributed by atoms with Crippen LogP contribution < -0.4 is 10.6 Å². The van der Waals surface area contributed by atoms with Gasteiger partial charge in [-0.1, -0.05) is 6.92 Å². The van der Waals surface area contributed by atoms with Crippen molar-refractivity contribution >= 4 is 36.2 Å². The van der Waals surface area contributed by atoms with Gasteiger partial charge in [0, 0.05) is 19.1 Å². The SMILES string of the molecule is CCOC(=O)[C@H](CCN1CCC[C@H]1CC)NCC[C@H](OC(C)(C)C)C(=O)OC(C)(C)C.O=C(O)[C@H](CCN1CCCC1)NCC[C@H](O)C(=O)O.O=C=O.O=C=O. The summed E-state index contributed by atoms with van der Waals surface area (Å²) >= 11 is 0. The highest BCUT2D eigenvalue weighted by atomic mass is 16.6. The molecule has 0 aromatic heterocycles. The van der Waals surface area contributed by atoms with Crippen LogP contribution in [0.15, 0.2) is 0 Å². The molecule has 2 heterocycles. The Hall–Kier alpha value is -3.60. The summed E-state index contributed by atoms with van der Waals surface area (Å²) in [6.07, 6.45) is 5.87. The van der Waals surface area contributed by atoms with Gasteiger partial charge in [-0.05, 0) is 139 Å². The number of hydrogen-bond donors (Lipinski definition) is 5. The number of esters is 2. The minimum Gasteiger partial charge on any atom is -0.480 e. The van der Waals surface area contributed by atoms with E-state index in [9.17, 15) is 19.2 Å². The minimum atomic E-state index is -1.44. The lowest BCUT2D eigenvalue weighted by Crippen LogP contribution is -2.44. The van der Waals surface area contributed by atoms with E-state index in [0.29, 0.717) is 38.5 Å². The Morgan fingerprint density at radius 3 is 1.75 bits per heavy atom. The van der Waals surface area contributed by atoms with Crippen LogP contribution in [0.2, 0.25) is 0 Å². The van der Waals surface area contributed by atoms with Crippen LogP contribution in [-0.2, 0) is 52.6 Å². The van der Waals surface area contributed by atoms with E-state index in [1.165, 1.54) is 12.8 Å². The molecule has 2 fully saturated rings. The van der Waals surface area contributed by atoms with Crippen LogP contribution in [0.3, 0.4) is 0 Å². The van der Waals surface area contributed by atoms with E-state index in [4.69, 9.17) is 48.7 Å². The molecule has 0 amide bonds. The fourth-order valence-electron chi connectivity index (χ4n) is 6.05. The first-order valence-corrected chi connectivity index (χ1v) is 19.3. The molecule has 0 saturated carbocycles. The smallest absolute Gasteiger partial charge is 0.373 e. The van der Waals surface area contributed by atoms with Crippen LogP contribution in [0.5, 0.6) is 0 Å². The summed E-state index contributed by atoms with van der Waals surface area (Å²) in [5, 5.41) is 32.7. The Balaban J connectivity index is 0. The van der Waals surface area contributed by atoms with Crippen LogP contribution in [0.25, 0.3) is 0 Å². The third-order valence-corrected chi connectivity index (χ3v) is 8.53. The van der Waals surface area contributed by atoms with Gasteiger partial charge >= 0.3 is 36.2 Å². The van der Waals surface area contributed by atoms with Gasteiger partial charge in [0.05, 0.1) is 12.2 Å². The summed E-state index contributed by atoms with van der Waals surface area (Å²) in [6.45, 7) is 21.0. The quantitative estimate of drug-likeness (QED) is 0.104. The van der Waals surface area contributed by atoms with Crippen molar-refractivity contribution < 1.29 is 67.9 Å². The van der Waals surface area contributed by atoms with Crippen LogP contribution in [0.4, 0.5) is 0 Å². The van der Waals surface area contributed by atoms with Gasteiger partial charge in [0.1, 0.15) is 17.7 Å².